The molecule has 1 fully saturated rings. The number of rotatable bonds is 1. The first-order valence-corrected chi connectivity index (χ1v) is 4.32. The summed E-state index contributed by atoms with van der Waals surface area (Å²) in [7, 11) is 0. The van der Waals surface area contributed by atoms with Crippen LogP contribution in [0.15, 0.2) is 11.5 Å². The van der Waals surface area contributed by atoms with Crippen LogP contribution in [-0.2, 0) is 4.89 Å². The molecule has 1 aliphatic rings. The Labute approximate surface area is 65.2 Å². The number of hydrogen-bond donors (Lipinski definition) is 1. The van der Waals surface area contributed by atoms with Crippen LogP contribution in [0.4, 0.5) is 0 Å². The summed E-state index contributed by atoms with van der Waals surface area (Å²) < 4.78 is 0. The molecule has 0 aliphatic carbocycles. The standard InChI is InChI=1S/C7H12O2S/c1-6-7(2,9-8)4-3-5-10-6/h8H,1,3-5H2,2H3. The fourth-order valence-electron chi connectivity index (χ4n) is 0.994. The zero-order chi connectivity index (χ0) is 7.61. The molecule has 1 saturated heterocycles. The first-order chi connectivity index (χ1) is 4.69. The summed E-state index contributed by atoms with van der Waals surface area (Å²) in [6.07, 6.45) is 1.95. The van der Waals surface area contributed by atoms with Crippen LogP contribution < -0.4 is 0 Å². The van der Waals surface area contributed by atoms with E-state index in [1.807, 2.05) is 6.92 Å². The second-order valence-corrected chi connectivity index (χ2v) is 3.89. The van der Waals surface area contributed by atoms with Crippen LogP contribution in [0.5, 0.6) is 0 Å². The van der Waals surface area contributed by atoms with Crippen molar-refractivity contribution < 1.29 is 10.1 Å². The van der Waals surface area contributed by atoms with Gasteiger partial charge in [0.25, 0.3) is 0 Å². The summed E-state index contributed by atoms with van der Waals surface area (Å²) in [6, 6.07) is 0. The van der Waals surface area contributed by atoms with Crippen molar-refractivity contribution in [2.24, 2.45) is 0 Å². The Kier molecular flexibility index (Phi) is 2.39. The molecule has 0 radical (unpaired) electrons. The monoisotopic (exact) mass is 160 g/mol. The lowest BCUT2D eigenvalue weighted by atomic mass is 10.0. The molecule has 0 bridgehead atoms. The highest BCUT2D eigenvalue weighted by molar-refractivity contribution is 8.03. The van der Waals surface area contributed by atoms with E-state index in [0.717, 1.165) is 23.5 Å². The van der Waals surface area contributed by atoms with Crippen molar-refractivity contribution in [1.29, 1.82) is 0 Å². The molecule has 0 aromatic rings. The Hall–Kier alpha value is 0.01000. The van der Waals surface area contributed by atoms with Crippen LogP contribution in [0.2, 0.25) is 0 Å². The van der Waals surface area contributed by atoms with Gasteiger partial charge in [0.1, 0.15) is 5.60 Å². The van der Waals surface area contributed by atoms with E-state index in [-0.39, 0.29) is 0 Å². The minimum Gasteiger partial charge on any atom is -0.251 e. The zero-order valence-electron chi connectivity index (χ0n) is 6.09. The second-order valence-electron chi connectivity index (χ2n) is 2.70. The van der Waals surface area contributed by atoms with E-state index in [9.17, 15) is 0 Å². The minimum absolute atomic E-state index is 0.497. The van der Waals surface area contributed by atoms with Gasteiger partial charge in [-0.1, -0.05) is 6.58 Å². The normalized spacial score (nSPS) is 34.4. The van der Waals surface area contributed by atoms with Crippen molar-refractivity contribution >= 4 is 11.8 Å². The predicted octanol–water partition coefficient (Wildman–Crippen LogP) is 2.28. The lowest BCUT2D eigenvalue weighted by molar-refractivity contribution is -0.305. The lowest BCUT2D eigenvalue weighted by Gasteiger charge is -2.31. The fourth-order valence-corrected chi connectivity index (χ4v) is 1.97. The topological polar surface area (TPSA) is 29.5 Å². The van der Waals surface area contributed by atoms with E-state index < -0.39 is 5.60 Å². The predicted molar refractivity (Wildman–Crippen MR) is 43.0 cm³/mol. The van der Waals surface area contributed by atoms with Gasteiger partial charge in [-0.2, -0.15) is 0 Å². The maximum absolute atomic E-state index is 8.55. The lowest BCUT2D eigenvalue weighted by Crippen LogP contribution is -2.31. The summed E-state index contributed by atoms with van der Waals surface area (Å²) in [5.74, 6) is 1.10. The third kappa shape index (κ3) is 1.36. The highest BCUT2D eigenvalue weighted by Crippen LogP contribution is 2.38. The Bertz CT molecular complexity index is 147. The largest absolute Gasteiger partial charge is 0.251 e. The molecule has 58 valence electrons. The van der Waals surface area contributed by atoms with Gasteiger partial charge in [0.15, 0.2) is 0 Å². The smallest absolute Gasteiger partial charge is 0.131 e. The third-order valence-corrected chi connectivity index (χ3v) is 3.14. The summed E-state index contributed by atoms with van der Waals surface area (Å²) in [5.41, 5.74) is -0.497. The van der Waals surface area contributed by atoms with Crippen LogP contribution in [-0.4, -0.2) is 16.6 Å². The molecular formula is C7H12O2S. The third-order valence-electron chi connectivity index (χ3n) is 1.87. The highest BCUT2D eigenvalue weighted by Gasteiger charge is 2.32. The SMILES string of the molecule is C=C1SCCCC1(C)OO. The van der Waals surface area contributed by atoms with Gasteiger partial charge in [0.05, 0.1) is 0 Å². The zero-order valence-corrected chi connectivity index (χ0v) is 6.91. The molecule has 1 N–H and O–H groups in total. The molecule has 0 spiro atoms. The molecular weight excluding hydrogens is 148 g/mol. The van der Waals surface area contributed by atoms with Gasteiger partial charge in [-0.15, -0.1) is 11.8 Å². The Morgan fingerprint density at radius 2 is 2.50 bits per heavy atom. The van der Waals surface area contributed by atoms with Crippen molar-refractivity contribution in [3.05, 3.63) is 11.5 Å². The van der Waals surface area contributed by atoms with Crippen LogP contribution in [0.1, 0.15) is 19.8 Å². The average molecular weight is 160 g/mol. The Morgan fingerprint density at radius 3 is 2.90 bits per heavy atom. The van der Waals surface area contributed by atoms with Crippen LogP contribution in [0, 0.1) is 0 Å². The van der Waals surface area contributed by atoms with E-state index in [0.29, 0.717) is 0 Å². The summed E-state index contributed by atoms with van der Waals surface area (Å²) in [6.45, 7) is 5.68. The maximum Gasteiger partial charge on any atom is 0.131 e. The van der Waals surface area contributed by atoms with Gasteiger partial charge in [-0.3, -0.25) is 5.26 Å². The molecule has 1 heterocycles. The molecule has 0 amide bonds. The van der Waals surface area contributed by atoms with Gasteiger partial charge in [-0.05, 0) is 25.5 Å². The van der Waals surface area contributed by atoms with Gasteiger partial charge in [0.2, 0.25) is 0 Å². The molecule has 0 aromatic carbocycles. The van der Waals surface area contributed by atoms with E-state index >= 15 is 0 Å². The van der Waals surface area contributed by atoms with E-state index in [2.05, 4.69) is 11.5 Å². The van der Waals surface area contributed by atoms with Gasteiger partial charge in [0, 0.05) is 4.91 Å². The number of thioether (sulfide) groups is 1. The highest BCUT2D eigenvalue weighted by atomic mass is 32.2. The van der Waals surface area contributed by atoms with E-state index in [1.54, 1.807) is 11.8 Å². The van der Waals surface area contributed by atoms with Gasteiger partial charge in [-0.25, -0.2) is 4.89 Å². The van der Waals surface area contributed by atoms with Crippen LogP contribution in [0.3, 0.4) is 0 Å². The molecule has 10 heavy (non-hydrogen) atoms. The van der Waals surface area contributed by atoms with Crippen molar-refractivity contribution in [2.45, 2.75) is 25.4 Å². The van der Waals surface area contributed by atoms with Gasteiger partial charge >= 0.3 is 0 Å². The van der Waals surface area contributed by atoms with Crippen LogP contribution in [0.25, 0.3) is 0 Å². The molecule has 0 aromatic heterocycles. The fraction of sp³-hybridized carbons (Fsp3) is 0.714. The second kappa shape index (κ2) is 2.95. The van der Waals surface area contributed by atoms with E-state index in [1.165, 1.54) is 0 Å². The van der Waals surface area contributed by atoms with Crippen molar-refractivity contribution in [1.82, 2.24) is 0 Å². The maximum atomic E-state index is 8.55. The molecule has 0 saturated carbocycles. The summed E-state index contributed by atoms with van der Waals surface area (Å²) >= 11 is 1.67. The van der Waals surface area contributed by atoms with Crippen molar-refractivity contribution in [2.75, 3.05) is 5.75 Å². The molecule has 1 aliphatic heterocycles. The van der Waals surface area contributed by atoms with Crippen LogP contribution >= 0.6 is 11.8 Å². The molecule has 3 heteroatoms. The van der Waals surface area contributed by atoms with Crippen molar-refractivity contribution in [3.8, 4) is 0 Å². The van der Waals surface area contributed by atoms with E-state index in [4.69, 9.17) is 5.26 Å². The Balaban J connectivity index is 2.63. The first-order valence-electron chi connectivity index (χ1n) is 3.34. The van der Waals surface area contributed by atoms with Crippen molar-refractivity contribution in [3.63, 3.8) is 0 Å². The molecule has 1 atom stereocenters. The number of hydrogen-bond acceptors (Lipinski definition) is 3. The quantitative estimate of drug-likeness (QED) is 0.471. The Morgan fingerprint density at radius 1 is 1.80 bits per heavy atom. The summed E-state index contributed by atoms with van der Waals surface area (Å²) in [4.78, 5) is 5.30. The first kappa shape index (κ1) is 8.11. The average Bonchev–Trinajstić information content (AvgIpc) is 1.96. The summed E-state index contributed by atoms with van der Waals surface area (Å²) in [5, 5.41) is 8.55. The molecule has 1 unspecified atom stereocenters. The molecule has 2 nitrogen and oxygen atoms in total. The minimum atomic E-state index is -0.497. The molecule has 1 rings (SSSR count). The van der Waals surface area contributed by atoms with Gasteiger partial charge < -0.3 is 0 Å².